The van der Waals surface area contributed by atoms with Gasteiger partial charge in [-0.25, -0.2) is 0 Å². The number of thiophene rings is 1. The van der Waals surface area contributed by atoms with Gasteiger partial charge in [-0.15, -0.1) is 11.3 Å². The Morgan fingerprint density at radius 2 is 2.11 bits per heavy atom. The predicted octanol–water partition coefficient (Wildman–Crippen LogP) is 2.57. The largest absolute Gasteiger partial charge is 0.383 e. The lowest BCUT2D eigenvalue weighted by molar-refractivity contribution is 0.197. The Hall–Kier alpha value is -0.940. The molecule has 19 heavy (non-hydrogen) atoms. The number of nitrogens with zero attached hydrogens (tertiary/aromatic N) is 1. The first kappa shape index (κ1) is 14.5. The summed E-state index contributed by atoms with van der Waals surface area (Å²) < 4.78 is 6.39. The second-order valence-electron chi connectivity index (χ2n) is 4.74. The molecule has 1 aromatic carbocycles. The average molecular weight is 278 g/mol. The molecule has 0 aliphatic rings. The molecule has 1 N–H and O–H groups in total. The maximum atomic E-state index is 5.01. The summed E-state index contributed by atoms with van der Waals surface area (Å²) in [6, 6.07) is 8.62. The van der Waals surface area contributed by atoms with Gasteiger partial charge in [0.25, 0.3) is 0 Å². The van der Waals surface area contributed by atoms with E-state index in [-0.39, 0.29) is 0 Å². The molecule has 1 aromatic heterocycles. The highest BCUT2D eigenvalue weighted by Crippen LogP contribution is 2.26. The van der Waals surface area contributed by atoms with Gasteiger partial charge in [0, 0.05) is 38.0 Å². The number of rotatable bonds is 8. The third kappa shape index (κ3) is 4.28. The van der Waals surface area contributed by atoms with Crippen molar-refractivity contribution in [3.63, 3.8) is 0 Å². The highest BCUT2D eigenvalue weighted by Gasteiger charge is 2.06. The van der Waals surface area contributed by atoms with Gasteiger partial charge >= 0.3 is 0 Å². The summed E-state index contributed by atoms with van der Waals surface area (Å²) in [6.45, 7) is 4.76. The molecular formula is C15H22N2OS. The Morgan fingerprint density at radius 3 is 2.95 bits per heavy atom. The van der Waals surface area contributed by atoms with E-state index in [4.69, 9.17) is 4.74 Å². The second kappa shape index (κ2) is 7.60. The fourth-order valence-corrected chi connectivity index (χ4v) is 3.05. The van der Waals surface area contributed by atoms with Crippen LogP contribution in [0.1, 0.15) is 5.56 Å². The van der Waals surface area contributed by atoms with E-state index in [1.807, 2.05) is 11.3 Å². The number of fused-ring (bicyclic) bond motifs is 1. The molecule has 0 amide bonds. The van der Waals surface area contributed by atoms with Crippen LogP contribution < -0.4 is 5.32 Å². The molecule has 3 nitrogen and oxygen atoms in total. The molecule has 0 spiro atoms. The van der Waals surface area contributed by atoms with E-state index >= 15 is 0 Å². The lowest BCUT2D eigenvalue weighted by Crippen LogP contribution is -2.30. The summed E-state index contributed by atoms with van der Waals surface area (Å²) >= 11 is 1.83. The first-order valence-electron chi connectivity index (χ1n) is 6.64. The van der Waals surface area contributed by atoms with Gasteiger partial charge in [-0.2, -0.15) is 0 Å². The Morgan fingerprint density at radius 1 is 1.26 bits per heavy atom. The van der Waals surface area contributed by atoms with Crippen molar-refractivity contribution in [2.45, 2.75) is 6.54 Å². The van der Waals surface area contributed by atoms with Gasteiger partial charge in [0.2, 0.25) is 0 Å². The first-order chi connectivity index (χ1) is 9.31. The van der Waals surface area contributed by atoms with E-state index in [0.29, 0.717) is 0 Å². The van der Waals surface area contributed by atoms with Crippen LogP contribution in [0, 0.1) is 0 Å². The Bertz CT molecular complexity index is 498. The molecule has 0 bridgehead atoms. The molecule has 0 unspecified atom stereocenters. The van der Waals surface area contributed by atoms with Gasteiger partial charge in [0.1, 0.15) is 0 Å². The van der Waals surface area contributed by atoms with E-state index in [2.05, 4.69) is 46.9 Å². The zero-order chi connectivity index (χ0) is 13.5. The Kier molecular flexibility index (Phi) is 5.79. The van der Waals surface area contributed by atoms with E-state index in [1.54, 1.807) is 7.11 Å². The minimum absolute atomic E-state index is 0.777. The van der Waals surface area contributed by atoms with Gasteiger partial charge in [-0.05, 0) is 29.4 Å². The first-order valence-corrected chi connectivity index (χ1v) is 7.52. The molecule has 0 aliphatic carbocycles. The van der Waals surface area contributed by atoms with E-state index in [1.165, 1.54) is 15.6 Å². The van der Waals surface area contributed by atoms with Gasteiger partial charge < -0.3 is 15.0 Å². The van der Waals surface area contributed by atoms with Gasteiger partial charge in [-0.1, -0.05) is 18.2 Å². The van der Waals surface area contributed by atoms with Crippen LogP contribution in [0.2, 0.25) is 0 Å². The molecule has 1 heterocycles. The zero-order valence-electron chi connectivity index (χ0n) is 11.7. The van der Waals surface area contributed by atoms with Crippen LogP contribution in [-0.4, -0.2) is 45.3 Å². The van der Waals surface area contributed by atoms with Crippen LogP contribution in [0.4, 0.5) is 0 Å². The summed E-state index contributed by atoms with van der Waals surface area (Å²) in [7, 11) is 3.90. The van der Waals surface area contributed by atoms with Crippen molar-refractivity contribution in [2.24, 2.45) is 0 Å². The average Bonchev–Trinajstić information content (AvgIpc) is 2.82. The van der Waals surface area contributed by atoms with Crippen molar-refractivity contribution in [3.8, 4) is 0 Å². The molecule has 0 saturated heterocycles. The fourth-order valence-electron chi connectivity index (χ4n) is 2.09. The number of benzene rings is 1. The molecular weight excluding hydrogens is 256 g/mol. The molecule has 0 aliphatic heterocycles. The molecule has 0 fully saturated rings. The van der Waals surface area contributed by atoms with Crippen molar-refractivity contribution < 1.29 is 4.74 Å². The van der Waals surface area contributed by atoms with Crippen molar-refractivity contribution in [1.29, 1.82) is 0 Å². The van der Waals surface area contributed by atoms with Crippen molar-refractivity contribution in [1.82, 2.24) is 10.2 Å². The van der Waals surface area contributed by atoms with Crippen LogP contribution >= 0.6 is 11.3 Å². The normalized spacial score (nSPS) is 11.5. The minimum Gasteiger partial charge on any atom is -0.383 e. The number of nitrogens with one attached hydrogen (secondary N) is 1. The molecule has 104 valence electrons. The molecule has 0 atom stereocenters. The molecule has 0 saturated carbocycles. The number of ether oxygens (including phenoxy) is 1. The third-order valence-corrected chi connectivity index (χ3v) is 4.17. The van der Waals surface area contributed by atoms with Crippen LogP contribution in [-0.2, 0) is 11.3 Å². The fraction of sp³-hybridized carbons (Fsp3) is 0.467. The number of hydrogen-bond acceptors (Lipinski definition) is 4. The quantitative estimate of drug-likeness (QED) is 0.751. The highest BCUT2D eigenvalue weighted by molar-refractivity contribution is 7.17. The summed E-state index contributed by atoms with van der Waals surface area (Å²) in [5.74, 6) is 0. The summed E-state index contributed by atoms with van der Waals surface area (Å²) in [5, 5.41) is 7.04. The van der Waals surface area contributed by atoms with Crippen LogP contribution in [0.3, 0.4) is 0 Å². The number of methoxy groups -OCH3 is 1. The molecule has 0 radical (unpaired) electrons. The summed E-state index contributed by atoms with van der Waals surface area (Å²) in [4.78, 5) is 2.36. The standard InChI is InChI=1S/C15H22N2OS/c1-17(9-7-16-8-10-18-2)11-13-12-19-15-6-4-3-5-14(13)15/h3-6,12,16H,7-11H2,1-2H3. The molecule has 2 rings (SSSR count). The lowest BCUT2D eigenvalue weighted by atomic mass is 10.2. The van der Waals surface area contributed by atoms with Gasteiger partial charge in [-0.3, -0.25) is 0 Å². The van der Waals surface area contributed by atoms with Crippen LogP contribution in [0.5, 0.6) is 0 Å². The van der Waals surface area contributed by atoms with Crippen molar-refractivity contribution >= 4 is 21.4 Å². The van der Waals surface area contributed by atoms with Crippen molar-refractivity contribution in [2.75, 3.05) is 40.4 Å². The maximum Gasteiger partial charge on any atom is 0.0587 e. The number of likely N-dealkylation sites (N-methyl/N-ethyl adjacent to an activating group) is 1. The highest BCUT2D eigenvalue weighted by atomic mass is 32.1. The topological polar surface area (TPSA) is 24.5 Å². The molecule has 4 heteroatoms. The smallest absolute Gasteiger partial charge is 0.0587 e. The lowest BCUT2D eigenvalue weighted by Gasteiger charge is -2.16. The van der Waals surface area contributed by atoms with Crippen LogP contribution in [0.25, 0.3) is 10.1 Å². The van der Waals surface area contributed by atoms with Gasteiger partial charge in [0.15, 0.2) is 0 Å². The molecule has 2 aromatic rings. The van der Waals surface area contributed by atoms with Crippen molar-refractivity contribution in [3.05, 3.63) is 35.2 Å². The Labute approximate surface area is 119 Å². The maximum absolute atomic E-state index is 5.01. The monoisotopic (exact) mass is 278 g/mol. The minimum atomic E-state index is 0.777. The second-order valence-corrected chi connectivity index (χ2v) is 5.65. The summed E-state index contributed by atoms with van der Waals surface area (Å²) in [5.41, 5.74) is 1.43. The van der Waals surface area contributed by atoms with Gasteiger partial charge in [0.05, 0.1) is 6.61 Å². The third-order valence-electron chi connectivity index (χ3n) is 3.15. The Balaban J connectivity index is 1.80. The van der Waals surface area contributed by atoms with Crippen LogP contribution in [0.15, 0.2) is 29.6 Å². The number of hydrogen-bond donors (Lipinski definition) is 1. The SMILES string of the molecule is COCCNCCN(C)Cc1csc2ccccc12. The van der Waals surface area contributed by atoms with E-state index in [9.17, 15) is 0 Å². The van der Waals surface area contributed by atoms with E-state index < -0.39 is 0 Å². The summed E-state index contributed by atoms with van der Waals surface area (Å²) in [6.07, 6.45) is 0. The predicted molar refractivity (Wildman–Crippen MR) is 82.9 cm³/mol. The van der Waals surface area contributed by atoms with E-state index in [0.717, 1.165) is 32.8 Å². The zero-order valence-corrected chi connectivity index (χ0v) is 12.5.